The molecule has 1 unspecified atom stereocenters. The minimum Gasteiger partial charge on any atom is -0.314 e. The van der Waals surface area contributed by atoms with E-state index in [9.17, 15) is 8.42 Å². The third-order valence-electron chi connectivity index (χ3n) is 3.95. The molecule has 0 aromatic rings. The Balaban J connectivity index is 1.72. The summed E-state index contributed by atoms with van der Waals surface area (Å²) < 4.78 is 26.8. The molecule has 0 bridgehead atoms. The molecule has 0 spiro atoms. The summed E-state index contributed by atoms with van der Waals surface area (Å²) in [4.78, 5) is 0. The summed E-state index contributed by atoms with van der Waals surface area (Å²) in [7, 11) is -3.05. The fraction of sp³-hybridized carbons (Fsp3) is 1.00. The number of nitrogens with one attached hydrogen (secondary N) is 2. The van der Waals surface area contributed by atoms with Crippen molar-refractivity contribution in [3.05, 3.63) is 0 Å². The van der Waals surface area contributed by atoms with E-state index in [1.54, 1.807) is 0 Å². The van der Waals surface area contributed by atoms with Crippen molar-refractivity contribution >= 4 is 10.0 Å². The molecule has 1 saturated carbocycles. The predicted molar refractivity (Wildman–Crippen MR) is 69.4 cm³/mol. The van der Waals surface area contributed by atoms with Gasteiger partial charge < -0.3 is 5.32 Å². The van der Waals surface area contributed by atoms with Crippen LogP contribution in [0.5, 0.6) is 0 Å². The minimum absolute atomic E-state index is 0.132. The van der Waals surface area contributed by atoms with Crippen LogP contribution in [-0.2, 0) is 10.0 Å². The van der Waals surface area contributed by atoms with Crippen molar-refractivity contribution in [3.63, 3.8) is 0 Å². The molecule has 0 amide bonds. The zero-order valence-corrected chi connectivity index (χ0v) is 11.3. The van der Waals surface area contributed by atoms with Gasteiger partial charge in [0, 0.05) is 12.6 Å². The molecule has 0 aromatic carbocycles. The zero-order valence-electron chi connectivity index (χ0n) is 10.5. The summed E-state index contributed by atoms with van der Waals surface area (Å²) in [5.41, 5.74) is 0. The molecular formula is C12H24N2O2S. The molecule has 2 fully saturated rings. The largest absolute Gasteiger partial charge is 0.314 e. The summed E-state index contributed by atoms with van der Waals surface area (Å²) in [5, 5.41) is 3.26. The highest BCUT2D eigenvalue weighted by molar-refractivity contribution is 7.90. The van der Waals surface area contributed by atoms with Crippen molar-refractivity contribution in [1.29, 1.82) is 0 Å². The summed E-state index contributed by atoms with van der Waals surface area (Å²) in [6.07, 6.45) is 8.34. The van der Waals surface area contributed by atoms with E-state index < -0.39 is 10.0 Å². The fourth-order valence-electron chi connectivity index (χ4n) is 2.87. The van der Waals surface area contributed by atoms with E-state index in [1.165, 1.54) is 19.3 Å². The highest BCUT2D eigenvalue weighted by Gasteiger charge is 2.26. The molecule has 1 aliphatic carbocycles. The highest BCUT2D eigenvalue weighted by atomic mass is 32.2. The number of hydrogen-bond donors (Lipinski definition) is 2. The lowest BCUT2D eigenvalue weighted by molar-refractivity contribution is 0.474. The normalized spacial score (nSPS) is 27.4. The second kappa shape index (κ2) is 6.16. The van der Waals surface area contributed by atoms with Crippen molar-refractivity contribution in [2.45, 2.75) is 62.7 Å². The Labute approximate surface area is 105 Å². The molecule has 1 heterocycles. The van der Waals surface area contributed by atoms with Gasteiger partial charge in [0.1, 0.15) is 0 Å². The van der Waals surface area contributed by atoms with Gasteiger partial charge in [-0.1, -0.05) is 19.3 Å². The van der Waals surface area contributed by atoms with Crippen LogP contribution in [0.1, 0.15) is 51.4 Å². The van der Waals surface area contributed by atoms with Crippen molar-refractivity contribution in [3.8, 4) is 0 Å². The molecule has 1 aliphatic heterocycles. The van der Waals surface area contributed by atoms with Crippen LogP contribution in [-0.4, -0.2) is 32.8 Å². The summed E-state index contributed by atoms with van der Waals surface area (Å²) in [5.74, 6) is 0. The van der Waals surface area contributed by atoms with Crippen molar-refractivity contribution in [1.82, 2.24) is 10.0 Å². The Kier molecular flexibility index (Phi) is 4.82. The molecular weight excluding hydrogens is 236 g/mol. The molecule has 4 nitrogen and oxygen atoms in total. The zero-order chi connectivity index (χ0) is 12.1. The Morgan fingerprint density at radius 1 is 1.06 bits per heavy atom. The first kappa shape index (κ1) is 13.3. The molecule has 17 heavy (non-hydrogen) atoms. The minimum atomic E-state index is -3.05. The number of sulfonamides is 1. The third kappa shape index (κ3) is 3.93. The molecule has 0 aromatic heterocycles. The van der Waals surface area contributed by atoms with E-state index in [4.69, 9.17) is 0 Å². The van der Waals surface area contributed by atoms with E-state index in [1.807, 2.05) is 0 Å². The number of rotatable bonds is 5. The van der Waals surface area contributed by atoms with Crippen LogP contribution in [0.3, 0.4) is 0 Å². The van der Waals surface area contributed by atoms with Crippen LogP contribution in [0.15, 0.2) is 0 Å². The van der Waals surface area contributed by atoms with Crippen molar-refractivity contribution in [2.75, 3.05) is 13.1 Å². The molecule has 100 valence electrons. The smallest absolute Gasteiger partial charge is 0.214 e. The lowest BCUT2D eigenvalue weighted by atomic mass is 10.0. The van der Waals surface area contributed by atoms with Crippen LogP contribution >= 0.6 is 0 Å². The first-order valence-electron chi connectivity index (χ1n) is 6.90. The van der Waals surface area contributed by atoms with Crippen molar-refractivity contribution < 1.29 is 8.42 Å². The van der Waals surface area contributed by atoms with Crippen LogP contribution in [0.2, 0.25) is 0 Å². The highest BCUT2D eigenvalue weighted by Crippen LogP contribution is 2.23. The first-order chi connectivity index (χ1) is 8.18. The predicted octanol–water partition coefficient (Wildman–Crippen LogP) is 1.38. The van der Waals surface area contributed by atoms with Crippen LogP contribution in [0.25, 0.3) is 0 Å². The van der Waals surface area contributed by atoms with Gasteiger partial charge in [-0.2, -0.15) is 0 Å². The maximum absolute atomic E-state index is 12.0. The Bertz CT molecular complexity index is 317. The van der Waals surface area contributed by atoms with E-state index in [0.717, 1.165) is 38.6 Å². The van der Waals surface area contributed by atoms with E-state index in [2.05, 4.69) is 10.0 Å². The monoisotopic (exact) mass is 260 g/mol. The first-order valence-corrected chi connectivity index (χ1v) is 8.45. The lowest BCUT2D eigenvalue weighted by Gasteiger charge is -2.22. The SMILES string of the molecule is O=S(=O)(NCCC1CCCN1)C1CCCCC1. The molecule has 5 heteroatoms. The van der Waals surface area contributed by atoms with E-state index in [-0.39, 0.29) is 5.25 Å². The van der Waals surface area contributed by atoms with Gasteiger partial charge in [-0.25, -0.2) is 13.1 Å². The van der Waals surface area contributed by atoms with Gasteiger partial charge in [0.15, 0.2) is 0 Å². The molecule has 1 saturated heterocycles. The van der Waals surface area contributed by atoms with Crippen LogP contribution in [0, 0.1) is 0 Å². The van der Waals surface area contributed by atoms with E-state index in [0.29, 0.717) is 12.6 Å². The van der Waals surface area contributed by atoms with Crippen molar-refractivity contribution in [2.24, 2.45) is 0 Å². The van der Waals surface area contributed by atoms with Gasteiger partial charge in [-0.05, 0) is 38.6 Å². The maximum atomic E-state index is 12.0. The van der Waals surface area contributed by atoms with Gasteiger partial charge in [-0.15, -0.1) is 0 Å². The average molecular weight is 260 g/mol. The summed E-state index contributed by atoms with van der Waals surface area (Å²) in [6.45, 7) is 1.68. The average Bonchev–Trinajstić information content (AvgIpc) is 2.83. The quantitative estimate of drug-likeness (QED) is 0.785. The Morgan fingerprint density at radius 3 is 2.47 bits per heavy atom. The molecule has 0 radical (unpaired) electrons. The van der Waals surface area contributed by atoms with E-state index >= 15 is 0 Å². The summed E-state index contributed by atoms with van der Waals surface area (Å²) in [6, 6.07) is 0.518. The molecule has 2 rings (SSSR count). The topological polar surface area (TPSA) is 58.2 Å². The Hall–Kier alpha value is -0.130. The second-order valence-electron chi connectivity index (χ2n) is 5.28. The maximum Gasteiger partial charge on any atom is 0.214 e. The summed E-state index contributed by atoms with van der Waals surface area (Å²) >= 11 is 0. The third-order valence-corrected chi connectivity index (χ3v) is 5.91. The van der Waals surface area contributed by atoms with Gasteiger partial charge in [0.05, 0.1) is 5.25 Å². The van der Waals surface area contributed by atoms with Crippen LogP contribution in [0.4, 0.5) is 0 Å². The lowest BCUT2D eigenvalue weighted by Crippen LogP contribution is -2.37. The fourth-order valence-corrected chi connectivity index (χ4v) is 4.46. The molecule has 1 atom stereocenters. The van der Waals surface area contributed by atoms with Crippen LogP contribution < -0.4 is 10.0 Å². The number of hydrogen-bond acceptors (Lipinski definition) is 3. The van der Waals surface area contributed by atoms with Gasteiger partial charge in [-0.3, -0.25) is 0 Å². The van der Waals surface area contributed by atoms with Gasteiger partial charge in [0.25, 0.3) is 0 Å². The van der Waals surface area contributed by atoms with Gasteiger partial charge >= 0.3 is 0 Å². The second-order valence-corrected chi connectivity index (χ2v) is 7.33. The standard InChI is InChI=1S/C12H24N2O2S/c15-17(16,12-6-2-1-3-7-12)14-10-8-11-5-4-9-13-11/h11-14H,1-10H2. The Morgan fingerprint density at radius 2 is 1.82 bits per heavy atom. The van der Waals surface area contributed by atoms with Gasteiger partial charge in [0.2, 0.25) is 10.0 Å². The molecule has 2 N–H and O–H groups in total. The molecule has 2 aliphatic rings.